The Balaban J connectivity index is 2.10. The van der Waals surface area contributed by atoms with Crippen molar-refractivity contribution >= 4 is 5.91 Å². The first kappa shape index (κ1) is 16.0. The molecule has 0 fully saturated rings. The molecule has 0 bridgehead atoms. The molecular formula is C14H14F3N3O2. The van der Waals surface area contributed by atoms with E-state index in [0.717, 1.165) is 12.1 Å². The highest BCUT2D eigenvalue weighted by molar-refractivity contribution is 5.75. The number of halogens is 3. The van der Waals surface area contributed by atoms with Crippen molar-refractivity contribution in [3.63, 3.8) is 0 Å². The number of rotatable bonds is 5. The van der Waals surface area contributed by atoms with Gasteiger partial charge in [-0.1, -0.05) is 17.3 Å². The first-order valence-electron chi connectivity index (χ1n) is 6.67. The van der Waals surface area contributed by atoms with Gasteiger partial charge in [-0.25, -0.2) is 0 Å². The van der Waals surface area contributed by atoms with E-state index in [-0.39, 0.29) is 36.0 Å². The molecule has 0 aliphatic rings. The van der Waals surface area contributed by atoms with Gasteiger partial charge in [-0.2, -0.15) is 18.2 Å². The van der Waals surface area contributed by atoms with E-state index >= 15 is 0 Å². The summed E-state index contributed by atoms with van der Waals surface area (Å²) in [5, 5.41) is 6.27. The maximum atomic E-state index is 12.7. The van der Waals surface area contributed by atoms with Crippen molar-refractivity contribution in [3.05, 3.63) is 35.7 Å². The lowest BCUT2D eigenvalue weighted by Gasteiger charge is -2.06. The number of hydrogen-bond donors (Lipinski definition) is 1. The topological polar surface area (TPSA) is 68.0 Å². The van der Waals surface area contributed by atoms with E-state index in [0.29, 0.717) is 6.54 Å². The van der Waals surface area contributed by atoms with Crippen LogP contribution in [0.2, 0.25) is 0 Å². The summed E-state index contributed by atoms with van der Waals surface area (Å²) in [6, 6.07) is 4.68. The maximum absolute atomic E-state index is 12.7. The number of hydrogen-bond acceptors (Lipinski definition) is 4. The van der Waals surface area contributed by atoms with Gasteiger partial charge in [0.05, 0.1) is 5.56 Å². The van der Waals surface area contributed by atoms with Crippen molar-refractivity contribution in [1.82, 2.24) is 15.5 Å². The van der Waals surface area contributed by atoms with Gasteiger partial charge in [0.1, 0.15) is 0 Å². The van der Waals surface area contributed by atoms with Crippen LogP contribution in [0.15, 0.2) is 28.8 Å². The first-order chi connectivity index (χ1) is 10.4. The molecule has 0 aliphatic carbocycles. The Morgan fingerprint density at radius 1 is 1.36 bits per heavy atom. The highest BCUT2D eigenvalue weighted by atomic mass is 19.4. The number of benzene rings is 1. The molecule has 2 rings (SSSR count). The Morgan fingerprint density at radius 2 is 2.14 bits per heavy atom. The molecule has 8 heteroatoms. The van der Waals surface area contributed by atoms with Crippen LogP contribution in [0.25, 0.3) is 11.4 Å². The van der Waals surface area contributed by atoms with Crippen molar-refractivity contribution in [2.75, 3.05) is 6.54 Å². The van der Waals surface area contributed by atoms with E-state index in [4.69, 9.17) is 4.52 Å². The number of aryl methyl sites for hydroxylation is 1. The van der Waals surface area contributed by atoms with Gasteiger partial charge < -0.3 is 9.84 Å². The lowest BCUT2D eigenvalue weighted by atomic mass is 10.1. The Hall–Kier alpha value is -2.38. The van der Waals surface area contributed by atoms with Crippen LogP contribution in [0.1, 0.15) is 24.8 Å². The monoisotopic (exact) mass is 313 g/mol. The Morgan fingerprint density at radius 3 is 2.82 bits per heavy atom. The average Bonchev–Trinajstić information content (AvgIpc) is 2.94. The lowest BCUT2D eigenvalue weighted by molar-refractivity contribution is -0.137. The predicted molar refractivity (Wildman–Crippen MR) is 71.7 cm³/mol. The van der Waals surface area contributed by atoms with Crippen LogP contribution >= 0.6 is 0 Å². The summed E-state index contributed by atoms with van der Waals surface area (Å²) in [4.78, 5) is 15.3. The van der Waals surface area contributed by atoms with Crippen LogP contribution in [0, 0.1) is 0 Å². The SMILES string of the molecule is CCNC(=O)CCc1nc(-c2cccc(C(F)(F)F)c2)no1. The van der Waals surface area contributed by atoms with Gasteiger partial charge in [-0.05, 0) is 19.1 Å². The van der Waals surface area contributed by atoms with E-state index in [9.17, 15) is 18.0 Å². The van der Waals surface area contributed by atoms with Gasteiger partial charge in [0.2, 0.25) is 17.6 Å². The fourth-order valence-electron chi connectivity index (χ4n) is 1.81. The van der Waals surface area contributed by atoms with Crippen LogP contribution in [0.5, 0.6) is 0 Å². The standard InChI is InChI=1S/C14H14F3N3O2/c1-2-18-11(21)6-7-12-19-13(20-22-12)9-4-3-5-10(8-9)14(15,16)17/h3-5,8H,2,6-7H2,1H3,(H,18,21). The van der Waals surface area contributed by atoms with Gasteiger partial charge in [-0.15, -0.1) is 0 Å². The van der Waals surface area contributed by atoms with Crippen molar-refractivity contribution in [2.24, 2.45) is 0 Å². The maximum Gasteiger partial charge on any atom is 0.416 e. The average molecular weight is 313 g/mol. The number of alkyl halides is 3. The molecule has 1 heterocycles. The highest BCUT2D eigenvalue weighted by Gasteiger charge is 2.30. The molecule has 1 amide bonds. The van der Waals surface area contributed by atoms with E-state index < -0.39 is 11.7 Å². The van der Waals surface area contributed by atoms with E-state index in [1.807, 2.05) is 0 Å². The van der Waals surface area contributed by atoms with Crippen LogP contribution in [0.3, 0.4) is 0 Å². The third-order valence-electron chi connectivity index (χ3n) is 2.86. The molecule has 22 heavy (non-hydrogen) atoms. The lowest BCUT2D eigenvalue weighted by Crippen LogP contribution is -2.22. The zero-order valence-electron chi connectivity index (χ0n) is 11.8. The van der Waals surface area contributed by atoms with Crippen molar-refractivity contribution in [2.45, 2.75) is 25.9 Å². The summed E-state index contributed by atoms with van der Waals surface area (Å²) in [5.74, 6) is 0.122. The number of carbonyl (C=O) groups excluding carboxylic acids is 1. The molecule has 0 radical (unpaired) electrons. The molecular weight excluding hydrogens is 299 g/mol. The quantitative estimate of drug-likeness (QED) is 0.921. The second-order valence-electron chi connectivity index (χ2n) is 4.54. The fourth-order valence-corrected chi connectivity index (χ4v) is 1.81. The van der Waals surface area contributed by atoms with Gasteiger partial charge in [0, 0.05) is 24.9 Å². The molecule has 118 valence electrons. The van der Waals surface area contributed by atoms with Crippen LogP contribution in [-0.4, -0.2) is 22.6 Å². The van der Waals surface area contributed by atoms with Crippen molar-refractivity contribution in [1.29, 1.82) is 0 Å². The Bertz CT molecular complexity index is 653. The number of nitrogens with one attached hydrogen (secondary N) is 1. The van der Waals surface area contributed by atoms with Crippen molar-refractivity contribution < 1.29 is 22.5 Å². The molecule has 1 aromatic heterocycles. The van der Waals surface area contributed by atoms with E-state index in [2.05, 4.69) is 15.5 Å². The molecule has 0 atom stereocenters. The molecule has 1 N–H and O–H groups in total. The van der Waals surface area contributed by atoms with Gasteiger partial charge >= 0.3 is 6.18 Å². The molecule has 2 aromatic rings. The smallest absolute Gasteiger partial charge is 0.356 e. The highest BCUT2D eigenvalue weighted by Crippen LogP contribution is 2.31. The number of amides is 1. The normalized spacial score (nSPS) is 11.5. The number of carbonyl (C=O) groups is 1. The summed E-state index contributed by atoms with van der Waals surface area (Å²) in [7, 11) is 0. The minimum Gasteiger partial charge on any atom is -0.356 e. The summed E-state index contributed by atoms with van der Waals surface area (Å²) in [5.41, 5.74) is -0.568. The van der Waals surface area contributed by atoms with Crippen LogP contribution in [0.4, 0.5) is 13.2 Å². The summed E-state index contributed by atoms with van der Waals surface area (Å²) in [6.07, 6.45) is -4.02. The van der Waals surface area contributed by atoms with Gasteiger partial charge in [-0.3, -0.25) is 4.79 Å². The molecule has 0 saturated carbocycles. The zero-order valence-corrected chi connectivity index (χ0v) is 11.8. The molecule has 0 saturated heterocycles. The zero-order chi connectivity index (χ0) is 16.2. The summed E-state index contributed by atoms with van der Waals surface area (Å²) < 4.78 is 42.9. The number of aromatic nitrogens is 2. The molecule has 5 nitrogen and oxygen atoms in total. The summed E-state index contributed by atoms with van der Waals surface area (Å²) >= 11 is 0. The second-order valence-corrected chi connectivity index (χ2v) is 4.54. The van der Waals surface area contributed by atoms with Gasteiger partial charge in [0.25, 0.3) is 0 Å². The third kappa shape index (κ3) is 4.06. The van der Waals surface area contributed by atoms with Crippen molar-refractivity contribution in [3.8, 4) is 11.4 Å². The van der Waals surface area contributed by atoms with Crippen LogP contribution < -0.4 is 5.32 Å². The minimum atomic E-state index is -4.43. The molecule has 0 spiro atoms. The fraction of sp³-hybridized carbons (Fsp3) is 0.357. The molecule has 1 aromatic carbocycles. The second kappa shape index (κ2) is 6.59. The third-order valence-corrected chi connectivity index (χ3v) is 2.86. The Labute approximate surface area is 124 Å². The predicted octanol–water partition coefficient (Wildman–Crippen LogP) is 2.82. The molecule has 0 aliphatic heterocycles. The van der Waals surface area contributed by atoms with E-state index in [1.54, 1.807) is 6.92 Å². The van der Waals surface area contributed by atoms with Crippen LogP contribution in [-0.2, 0) is 17.4 Å². The number of nitrogens with zero attached hydrogens (tertiary/aromatic N) is 2. The van der Waals surface area contributed by atoms with Gasteiger partial charge in [0.15, 0.2) is 0 Å². The summed E-state index contributed by atoms with van der Waals surface area (Å²) in [6.45, 7) is 2.33. The largest absolute Gasteiger partial charge is 0.416 e. The first-order valence-corrected chi connectivity index (χ1v) is 6.67. The minimum absolute atomic E-state index is 0.0667. The Kier molecular flexibility index (Phi) is 4.79. The molecule has 0 unspecified atom stereocenters. The van der Waals surface area contributed by atoms with E-state index in [1.165, 1.54) is 12.1 Å².